The Morgan fingerprint density at radius 3 is 2.44 bits per heavy atom. The Labute approximate surface area is 154 Å². The van der Waals surface area contributed by atoms with Crippen LogP contribution in [-0.2, 0) is 5.41 Å². The molecule has 1 aliphatic heterocycles. The summed E-state index contributed by atoms with van der Waals surface area (Å²) in [5.74, 6) is 1.01. The minimum atomic E-state index is 0.110. The molecule has 0 spiro atoms. The summed E-state index contributed by atoms with van der Waals surface area (Å²) >= 11 is 1.87. The zero-order valence-corrected chi connectivity index (χ0v) is 15.7. The molecule has 0 aliphatic carbocycles. The van der Waals surface area contributed by atoms with Crippen LogP contribution in [0, 0.1) is 0 Å². The summed E-state index contributed by atoms with van der Waals surface area (Å²) in [4.78, 5) is 8.34. The van der Waals surface area contributed by atoms with Crippen LogP contribution in [0.5, 0.6) is 0 Å². The monoisotopic (exact) mass is 344 g/mol. The van der Waals surface area contributed by atoms with Gasteiger partial charge in [-0.1, -0.05) is 57.2 Å². The van der Waals surface area contributed by atoms with Crippen molar-refractivity contribution in [2.24, 2.45) is 0 Å². The molecule has 0 radical (unpaired) electrons. The van der Waals surface area contributed by atoms with E-state index in [-0.39, 0.29) is 5.41 Å². The van der Waals surface area contributed by atoms with Gasteiger partial charge in [-0.05, 0) is 40.8 Å². The SMILES string of the molecule is CC(C)(C)c1ccnc(N2BSc3ccccc3-c3ccccc32)c1. The molecule has 2 heterocycles. The molecule has 0 atom stereocenters. The molecule has 2 aromatic carbocycles. The Morgan fingerprint density at radius 1 is 0.920 bits per heavy atom. The van der Waals surface area contributed by atoms with Crippen LogP contribution in [-0.4, -0.2) is 11.7 Å². The van der Waals surface area contributed by atoms with Gasteiger partial charge in [0.1, 0.15) is 5.82 Å². The van der Waals surface area contributed by atoms with Gasteiger partial charge < -0.3 is 4.81 Å². The van der Waals surface area contributed by atoms with E-state index >= 15 is 0 Å². The minimum Gasteiger partial charge on any atom is -0.363 e. The van der Waals surface area contributed by atoms with Crippen molar-refractivity contribution >= 4 is 29.8 Å². The van der Waals surface area contributed by atoms with E-state index in [0.717, 1.165) is 12.5 Å². The van der Waals surface area contributed by atoms with Crippen LogP contribution in [0.15, 0.2) is 71.8 Å². The summed E-state index contributed by atoms with van der Waals surface area (Å²) in [5.41, 5.74) is 5.21. The number of nitrogens with zero attached hydrogens (tertiary/aromatic N) is 2. The Balaban J connectivity index is 1.86. The maximum Gasteiger partial charge on any atom is 0.315 e. The highest BCUT2D eigenvalue weighted by Gasteiger charge is 2.23. The lowest BCUT2D eigenvalue weighted by molar-refractivity contribution is 0.589. The lowest BCUT2D eigenvalue weighted by Gasteiger charge is -2.26. The Bertz CT molecular complexity index is 918. The minimum absolute atomic E-state index is 0.110. The number of aromatic nitrogens is 1. The molecule has 1 aromatic heterocycles. The second-order valence-electron chi connectivity index (χ2n) is 7.37. The summed E-state index contributed by atoms with van der Waals surface area (Å²) < 4.78 is 0. The van der Waals surface area contributed by atoms with E-state index in [9.17, 15) is 0 Å². The molecule has 4 heteroatoms. The largest absolute Gasteiger partial charge is 0.363 e. The fourth-order valence-electron chi connectivity index (χ4n) is 3.18. The number of para-hydroxylation sites is 1. The van der Waals surface area contributed by atoms with Crippen molar-refractivity contribution in [3.8, 4) is 11.1 Å². The van der Waals surface area contributed by atoms with Crippen molar-refractivity contribution in [2.75, 3.05) is 4.81 Å². The second-order valence-corrected chi connectivity index (χ2v) is 8.35. The number of pyridine rings is 1. The first kappa shape index (κ1) is 16.3. The molecule has 2 nitrogen and oxygen atoms in total. The van der Waals surface area contributed by atoms with Gasteiger partial charge in [0.25, 0.3) is 0 Å². The van der Waals surface area contributed by atoms with Gasteiger partial charge in [0, 0.05) is 22.3 Å². The zero-order valence-electron chi connectivity index (χ0n) is 14.9. The van der Waals surface area contributed by atoms with Gasteiger partial charge in [-0.3, -0.25) is 0 Å². The van der Waals surface area contributed by atoms with Crippen LogP contribution in [0.3, 0.4) is 0 Å². The molecule has 124 valence electrons. The summed E-state index contributed by atoms with van der Waals surface area (Å²) in [7, 11) is 0. The lowest BCUT2D eigenvalue weighted by atomic mass is 9.87. The van der Waals surface area contributed by atoms with Crippen LogP contribution in [0.4, 0.5) is 11.5 Å². The van der Waals surface area contributed by atoms with Gasteiger partial charge in [0.2, 0.25) is 0 Å². The number of hydrogen-bond acceptors (Lipinski definition) is 3. The number of fused-ring (bicyclic) bond motifs is 3. The normalized spacial score (nSPS) is 13.5. The predicted molar refractivity (Wildman–Crippen MR) is 110 cm³/mol. The Morgan fingerprint density at radius 2 is 1.64 bits per heavy atom. The summed E-state index contributed by atoms with van der Waals surface area (Å²) in [5, 5.41) is 0. The van der Waals surface area contributed by atoms with Crippen LogP contribution in [0.1, 0.15) is 26.3 Å². The van der Waals surface area contributed by atoms with Crippen molar-refractivity contribution in [1.29, 1.82) is 0 Å². The highest BCUT2D eigenvalue weighted by atomic mass is 32.2. The fourth-order valence-corrected chi connectivity index (χ4v) is 4.23. The third-order valence-corrected chi connectivity index (χ3v) is 5.66. The van der Waals surface area contributed by atoms with E-state index in [0.29, 0.717) is 0 Å². The molecular formula is C21H21BN2S. The first-order valence-corrected chi connectivity index (χ1v) is 9.58. The predicted octanol–water partition coefficient (Wildman–Crippen LogP) is 5.56. The standard InChI is InChI=1S/C21H21BN2S/c1-21(2,3)15-12-13-23-20(14-15)24-18-10-6-4-8-16(18)17-9-5-7-11-19(17)25-22-24/h4-14,22H,1-3H3. The van der Waals surface area contributed by atoms with E-state index in [1.54, 1.807) is 0 Å². The first-order chi connectivity index (χ1) is 12.0. The molecule has 0 saturated carbocycles. The summed E-state index contributed by atoms with van der Waals surface area (Å²) in [6.45, 7) is 7.59. The second kappa shape index (κ2) is 6.27. The maximum absolute atomic E-state index is 4.69. The Hall–Kier alpha value is -2.20. The van der Waals surface area contributed by atoms with E-state index < -0.39 is 0 Å². The van der Waals surface area contributed by atoms with E-state index in [1.807, 2.05) is 17.8 Å². The van der Waals surface area contributed by atoms with Gasteiger partial charge in [-0.2, -0.15) is 11.6 Å². The molecule has 1 aliphatic rings. The molecule has 0 bridgehead atoms. The van der Waals surface area contributed by atoms with Crippen LogP contribution in [0.2, 0.25) is 0 Å². The molecule has 0 saturated heterocycles. The molecule has 0 fully saturated rings. The van der Waals surface area contributed by atoms with Gasteiger partial charge in [-0.15, -0.1) is 0 Å². The van der Waals surface area contributed by atoms with Crippen LogP contribution >= 0.6 is 11.6 Å². The molecule has 4 rings (SSSR count). The molecule has 0 N–H and O–H groups in total. The van der Waals surface area contributed by atoms with E-state index in [4.69, 9.17) is 4.98 Å². The quantitative estimate of drug-likeness (QED) is 0.538. The number of rotatable bonds is 1. The average molecular weight is 344 g/mol. The van der Waals surface area contributed by atoms with Crippen molar-refractivity contribution < 1.29 is 0 Å². The summed E-state index contributed by atoms with van der Waals surface area (Å²) in [6.07, 6.45) is 1.93. The van der Waals surface area contributed by atoms with Crippen molar-refractivity contribution in [2.45, 2.75) is 31.1 Å². The lowest BCUT2D eigenvalue weighted by Crippen LogP contribution is -2.21. The summed E-state index contributed by atoms with van der Waals surface area (Å²) in [6, 6.07) is 21.6. The van der Waals surface area contributed by atoms with E-state index in [2.05, 4.69) is 86.2 Å². The maximum atomic E-state index is 4.69. The number of hydrogen-bond donors (Lipinski definition) is 0. The van der Waals surface area contributed by atoms with Crippen molar-refractivity contribution in [3.05, 3.63) is 72.4 Å². The highest BCUT2D eigenvalue weighted by Crippen LogP contribution is 2.43. The average Bonchev–Trinajstić information content (AvgIpc) is 2.78. The molecule has 25 heavy (non-hydrogen) atoms. The van der Waals surface area contributed by atoms with Crippen molar-refractivity contribution in [1.82, 2.24) is 4.98 Å². The number of anilines is 2. The highest BCUT2D eigenvalue weighted by molar-refractivity contribution is 8.22. The smallest absolute Gasteiger partial charge is 0.315 e. The number of benzene rings is 2. The molecule has 0 amide bonds. The molecule has 0 unspecified atom stereocenters. The third kappa shape index (κ3) is 3.07. The zero-order chi connectivity index (χ0) is 17.4. The molecular weight excluding hydrogens is 323 g/mol. The van der Waals surface area contributed by atoms with Crippen molar-refractivity contribution in [3.63, 3.8) is 0 Å². The first-order valence-electron chi connectivity index (χ1n) is 8.59. The van der Waals surface area contributed by atoms with Crippen LogP contribution in [0.25, 0.3) is 11.1 Å². The topological polar surface area (TPSA) is 16.1 Å². The third-order valence-electron chi connectivity index (χ3n) is 4.61. The Kier molecular flexibility index (Phi) is 4.08. The van der Waals surface area contributed by atoms with Crippen LogP contribution < -0.4 is 4.81 Å². The van der Waals surface area contributed by atoms with Gasteiger partial charge in [0.05, 0.1) is 0 Å². The van der Waals surface area contributed by atoms with Gasteiger partial charge in [-0.25, -0.2) is 4.98 Å². The van der Waals surface area contributed by atoms with E-state index in [1.165, 1.54) is 27.3 Å². The van der Waals surface area contributed by atoms with Gasteiger partial charge >= 0.3 is 6.69 Å². The van der Waals surface area contributed by atoms with Gasteiger partial charge in [0.15, 0.2) is 0 Å². The fraction of sp³-hybridized carbons (Fsp3) is 0.190. The molecule has 3 aromatic rings.